The Morgan fingerprint density at radius 3 is 1.52 bits per heavy atom. The third-order valence-corrected chi connectivity index (χ3v) is 5.76. The molecule has 0 radical (unpaired) electrons. The first-order valence-electron chi connectivity index (χ1n) is 11.3. The number of unbranched alkanes of at least 4 members (excludes halogenated alkanes) is 13. The van der Waals surface area contributed by atoms with Crippen LogP contribution in [0.3, 0.4) is 0 Å². The van der Waals surface area contributed by atoms with Crippen LogP contribution in [-0.4, -0.2) is 30.7 Å². The average Bonchev–Trinajstić information content (AvgIpc) is 2.66. The summed E-state index contributed by atoms with van der Waals surface area (Å²) in [6.45, 7) is 7.88. The molecule has 0 aliphatic heterocycles. The van der Waals surface area contributed by atoms with E-state index in [9.17, 15) is 14.3 Å². The largest absolute Gasteiger partial charge is 0.472 e. The molecular weight excluding hydrogens is 391 g/mol. The highest BCUT2D eigenvalue weighted by atomic mass is 31.2. The highest BCUT2D eigenvalue weighted by molar-refractivity contribution is 7.47. The summed E-state index contributed by atoms with van der Waals surface area (Å²) in [5.41, 5.74) is 0.466. The van der Waals surface area contributed by atoms with E-state index in [1.807, 2.05) is 0 Å². The van der Waals surface area contributed by atoms with Crippen LogP contribution in [0.15, 0.2) is 12.2 Å². The van der Waals surface area contributed by atoms with Crippen LogP contribution in [-0.2, 0) is 23.1 Å². The fraction of sp³-hybridized carbons (Fsp3) is 0.864. The summed E-state index contributed by atoms with van der Waals surface area (Å²) in [6.07, 6.45) is 16.5. The lowest BCUT2D eigenvalue weighted by atomic mass is 10.0. The van der Waals surface area contributed by atoms with Crippen molar-refractivity contribution in [3.05, 3.63) is 12.2 Å². The Balaban J connectivity index is 3.18. The van der Waals surface area contributed by atoms with E-state index in [0.29, 0.717) is 12.2 Å². The van der Waals surface area contributed by atoms with E-state index in [0.717, 1.165) is 32.1 Å². The summed E-state index contributed by atoms with van der Waals surface area (Å²) in [6, 6.07) is 0. The molecule has 6 nitrogen and oxygen atoms in total. The Morgan fingerprint density at radius 1 is 0.759 bits per heavy atom. The number of phosphoric ester groups is 1. The Hall–Kier alpha value is -0.680. The second-order valence-corrected chi connectivity index (χ2v) is 9.04. The number of rotatable bonds is 21. The summed E-state index contributed by atoms with van der Waals surface area (Å²) >= 11 is 0. The summed E-state index contributed by atoms with van der Waals surface area (Å²) < 4.78 is 25.9. The molecule has 0 aromatic rings. The van der Waals surface area contributed by atoms with Gasteiger partial charge in [0.05, 0.1) is 19.8 Å². The van der Waals surface area contributed by atoms with Crippen molar-refractivity contribution in [1.82, 2.24) is 0 Å². The van der Waals surface area contributed by atoms with Gasteiger partial charge in [-0.25, -0.2) is 9.36 Å². The fourth-order valence-corrected chi connectivity index (χ4v) is 3.75. The van der Waals surface area contributed by atoms with Crippen molar-refractivity contribution < 1.29 is 28.0 Å². The zero-order chi connectivity index (χ0) is 21.8. The molecule has 0 saturated heterocycles. The molecule has 1 unspecified atom stereocenters. The lowest BCUT2D eigenvalue weighted by Gasteiger charge is -2.10. The third kappa shape index (κ3) is 20.4. The van der Waals surface area contributed by atoms with Crippen LogP contribution < -0.4 is 0 Å². The Labute approximate surface area is 178 Å². The van der Waals surface area contributed by atoms with Crippen LogP contribution in [0.25, 0.3) is 0 Å². The first-order chi connectivity index (χ1) is 13.9. The Bertz CT molecular complexity index is 466. The van der Waals surface area contributed by atoms with Crippen LogP contribution >= 0.6 is 7.82 Å². The molecule has 0 spiro atoms. The van der Waals surface area contributed by atoms with Gasteiger partial charge >= 0.3 is 13.8 Å². The van der Waals surface area contributed by atoms with Crippen molar-refractivity contribution in [1.29, 1.82) is 0 Å². The van der Waals surface area contributed by atoms with Gasteiger partial charge in [-0.05, 0) is 26.7 Å². The summed E-state index contributed by atoms with van der Waals surface area (Å²) in [5, 5.41) is 0. The minimum absolute atomic E-state index is 0.183. The van der Waals surface area contributed by atoms with Gasteiger partial charge in [0.25, 0.3) is 0 Å². The second kappa shape index (κ2) is 19.3. The Morgan fingerprint density at radius 2 is 1.14 bits per heavy atom. The van der Waals surface area contributed by atoms with E-state index < -0.39 is 7.82 Å². The van der Waals surface area contributed by atoms with Gasteiger partial charge < -0.3 is 9.63 Å². The molecule has 0 bridgehead atoms. The molecule has 0 heterocycles. The monoisotopic (exact) mass is 434 g/mol. The minimum atomic E-state index is -3.81. The maximum atomic E-state index is 11.3. The predicted octanol–water partition coefficient (Wildman–Crippen LogP) is 6.72. The maximum absolute atomic E-state index is 11.3. The number of carbonyl (C=O) groups is 1. The molecule has 0 amide bonds. The number of hydrogen-bond donors (Lipinski definition) is 1. The first-order valence-corrected chi connectivity index (χ1v) is 12.8. The van der Waals surface area contributed by atoms with Gasteiger partial charge in [-0.1, -0.05) is 83.6 Å². The van der Waals surface area contributed by atoms with Gasteiger partial charge in [0.2, 0.25) is 0 Å². The van der Waals surface area contributed by atoms with Gasteiger partial charge in [0, 0.05) is 5.57 Å². The van der Waals surface area contributed by atoms with Crippen LogP contribution in [0.1, 0.15) is 104 Å². The molecule has 1 N–H and O–H groups in total. The van der Waals surface area contributed by atoms with Crippen molar-refractivity contribution in [3.63, 3.8) is 0 Å². The SMILES string of the molecule is C=C(C)C(=O)OCCCCCCCCCCCCCCCCOP(=O)(O)OCC. The normalized spacial score (nSPS) is 13.2. The smallest absolute Gasteiger partial charge is 0.462 e. The van der Waals surface area contributed by atoms with E-state index >= 15 is 0 Å². The number of ether oxygens (including phenoxy) is 1. The van der Waals surface area contributed by atoms with Crippen LogP contribution in [0.5, 0.6) is 0 Å². The lowest BCUT2D eigenvalue weighted by Crippen LogP contribution is -2.05. The molecule has 0 fully saturated rings. The molecule has 29 heavy (non-hydrogen) atoms. The van der Waals surface area contributed by atoms with Crippen molar-refractivity contribution >= 4 is 13.8 Å². The molecule has 7 heteroatoms. The van der Waals surface area contributed by atoms with Gasteiger partial charge in [-0.2, -0.15) is 0 Å². The van der Waals surface area contributed by atoms with Crippen molar-refractivity contribution in [2.24, 2.45) is 0 Å². The van der Waals surface area contributed by atoms with Gasteiger partial charge in [0.1, 0.15) is 0 Å². The van der Waals surface area contributed by atoms with Crippen molar-refractivity contribution in [2.45, 2.75) is 104 Å². The molecular formula is C22H43O6P. The van der Waals surface area contributed by atoms with Crippen molar-refractivity contribution in [3.8, 4) is 0 Å². The van der Waals surface area contributed by atoms with E-state index in [-0.39, 0.29) is 19.2 Å². The summed E-state index contributed by atoms with van der Waals surface area (Å²) in [5.74, 6) is -0.283. The molecule has 0 aromatic carbocycles. The molecule has 172 valence electrons. The number of carbonyl (C=O) groups excluding carboxylic acids is 1. The van der Waals surface area contributed by atoms with Gasteiger partial charge in [0.15, 0.2) is 0 Å². The highest BCUT2D eigenvalue weighted by Gasteiger charge is 2.18. The topological polar surface area (TPSA) is 82.1 Å². The summed E-state index contributed by atoms with van der Waals surface area (Å²) in [4.78, 5) is 20.5. The number of phosphoric acid groups is 1. The van der Waals surface area contributed by atoms with E-state index in [4.69, 9.17) is 9.26 Å². The number of esters is 1. The quantitative estimate of drug-likeness (QED) is 0.0934. The highest BCUT2D eigenvalue weighted by Crippen LogP contribution is 2.42. The minimum Gasteiger partial charge on any atom is -0.462 e. The first kappa shape index (κ1) is 28.3. The van der Waals surface area contributed by atoms with Crippen molar-refractivity contribution in [2.75, 3.05) is 19.8 Å². The van der Waals surface area contributed by atoms with E-state index in [1.165, 1.54) is 57.8 Å². The average molecular weight is 435 g/mol. The fourth-order valence-electron chi connectivity index (χ4n) is 2.99. The lowest BCUT2D eigenvalue weighted by molar-refractivity contribution is -0.139. The second-order valence-electron chi connectivity index (χ2n) is 7.59. The van der Waals surface area contributed by atoms with Gasteiger partial charge in [-0.3, -0.25) is 9.05 Å². The number of hydrogen-bond acceptors (Lipinski definition) is 5. The third-order valence-electron chi connectivity index (χ3n) is 4.67. The maximum Gasteiger partial charge on any atom is 0.472 e. The van der Waals surface area contributed by atoms with Gasteiger partial charge in [-0.15, -0.1) is 0 Å². The predicted molar refractivity (Wildman–Crippen MR) is 118 cm³/mol. The molecule has 1 atom stereocenters. The molecule has 0 aliphatic rings. The van der Waals surface area contributed by atoms with Crippen LogP contribution in [0, 0.1) is 0 Å². The molecule has 0 aromatic heterocycles. The van der Waals surface area contributed by atoms with E-state index in [2.05, 4.69) is 11.1 Å². The molecule has 0 rings (SSSR count). The zero-order valence-corrected chi connectivity index (χ0v) is 19.6. The Kier molecular flexibility index (Phi) is 18.8. The molecule has 0 aliphatic carbocycles. The zero-order valence-electron chi connectivity index (χ0n) is 18.7. The molecule has 0 saturated carbocycles. The standard InChI is InChI=1S/C22H43O6P/c1-4-27-29(24,25)28-20-18-16-14-12-10-8-6-5-7-9-11-13-15-17-19-26-22(23)21(2)3/h2,4-20H2,1,3H3,(H,24,25). The van der Waals surface area contributed by atoms with E-state index in [1.54, 1.807) is 13.8 Å². The summed E-state index contributed by atoms with van der Waals surface area (Å²) in [7, 11) is -3.81. The van der Waals surface area contributed by atoms with Crippen LogP contribution in [0.2, 0.25) is 0 Å². The van der Waals surface area contributed by atoms with Crippen LogP contribution in [0.4, 0.5) is 0 Å².